The van der Waals surface area contributed by atoms with Crippen molar-refractivity contribution in [2.75, 3.05) is 47.6 Å². The van der Waals surface area contributed by atoms with Crippen molar-refractivity contribution >= 4 is 98.4 Å². The van der Waals surface area contributed by atoms with Gasteiger partial charge < -0.3 is 36.6 Å². The number of aromatic nitrogens is 3. The molecule has 22 nitrogen and oxygen atoms in total. The van der Waals surface area contributed by atoms with Crippen LogP contribution in [0.2, 0.25) is 0 Å². The Hall–Kier alpha value is -6.45. The average molecular weight is 870 g/mol. The highest BCUT2D eigenvalue weighted by atomic mass is 32.2. The molecule has 6 aromatic rings. The number of nitrogens with zero attached hydrogens (tertiary/aromatic N) is 5. The summed E-state index contributed by atoms with van der Waals surface area (Å²) in [5, 5.41) is 47.3. The average Bonchev–Trinajstić information content (AvgIpc) is 3.17. The van der Waals surface area contributed by atoms with Crippen molar-refractivity contribution in [1.82, 2.24) is 15.0 Å². The van der Waals surface area contributed by atoms with Gasteiger partial charge in [0.15, 0.2) is 5.75 Å². The minimum Gasteiger partial charge on any atom is -0.505 e. The van der Waals surface area contributed by atoms with Crippen molar-refractivity contribution in [3.8, 4) is 5.75 Å². The number of carbonyl (C=O) groups is 1. The number of benzene rings is 5. The minimum absolute atomic E-state index is 0.00783. The second-order valence-corrected chi connectivity index (χ2v) is 16.3. The number of nitrogens with one attached hydrogen (secondary N) is 4. The van der Waals surface area contributed by atoms with Crippen LogP contribution in [-0.4, -0.2) is 101 Å². The molecule has 0 aliphatic heterocycles. The number of phenols is 1. The molecule has 6 rings (SSSR count). The number of aliphatic hydroxyl groups is 2. The van der Waals surface area contributed by atoms with Crippen LogP contribution in [0.5, 0.6) is 5.75 Å². The van der Waals surface area contributed by atoms with Gasteiger partial charge in [-0.1, -0.05) is 18.2 Å². The van der Waals surface area contributed by atoms with Gasteiger partial charge >= 0.3 is 0 Å². The van der Waals surface area contributed by atoms with Crippen LogP contribution in [0.3, 0.4) is 0 Å². The summed E-state index contributed by atoms with van der Waals surface area (Å²) in [5.41, 5.74) is -0.685. The fraction of sp³-hybridized carbons (Fsp3) is 0.118. The minimum atomic E-state index is -5.19. The Morgan fingerprint density at radius 2 is 1.22 bits per heavy atom. The lowest BCUT2D eigenvalue weighted by Gasteiger charge is -2.12. The number of aromatic hydroxyl groups is 1. The first-order valence-electron chi connectivity index (χ1n) is 16.7. The van der Waals surface area contributed by atoms with E-state index in [4.69, 9.17) is 10.2 Å². The van der Waals surface area contributed by atoms with Gasteiger partial charge in [0.2, 0.25) is 17.8 Å². The number of phenolic OH excluding ortho intramolecular Hbond substituents is 1. The molecule has 1 amide bonds. The molecule has 0 aliphatic carbocycles. The van der Waals surface area contributed by atoms with Crippen LogP contribution in [0.25, 0.3) is 21.5 Å². The van der Waals surface area contributed by atoms with Gasteiger partial charge in [-0.3, -0.25) is 18.5 Å². The highest BCUT2D eigenvalue weighted by Gasteiger charge is 2.26. The maximum absolute atomic E-state index is 13.2. The van der Waals surface area contributed by atoms with Gasteiger partial charge in [0.25, 0.3) is 36.3 Å². The van der Waals surface area contributed by atoms with Crippen molar-refractivity contribution in [2.24, 2.45) is 10.2 Å². The first-order chi connectivity index (χ1) is 27.9. The Balaban J connectivity index is 1.28. The molecule has 1 aromatic heterocycles. The number of hydrogen-bond acceptors (Lipinski definition) is 18. The molecule has 308 valence electrons. The van der Waals surface area contributed by atoms with E-state index in [1.165, 1.54) is 30.3 Å². The van der Waals surface area contributed by atoms with Gasteiger partial charge in [0.1, 0.15) is 26.1 Å². The molecule has 1 heterocycles. The van der Waals surface area contributed by atoms with Crippen molar-refractivity contribution in [2.45, 2.75) is 14.7 Å². The van der Waals surface area contributed by atoms with E-state index in [2.05, 4.69) is 46.4 Å². The van der Waals surface area contributed by atoms with Crippen molar-refractivity contribution in [1.29, 1.82) is 0 Å². The van der Waals surface area contributed by atoms with E-state index in [0.29, 0.717) is 5.69 Å². The van der Waals surface area contributed by atoms with Crippen LogP contribution in [0, 0.1) is 0 Å². The third-order valence-corrected chi connectivity index (χ3v) is 10.9. The molecule has 25 heteroatoms. The number of carbonyl (C=O) groups excluding carboxylic acids is 1. The molecular weight excluding hydrogens is 839 g/mol. The molecule has 0 saturated heterocycles. The van der Waals surface area contributed by atoms with Crippen molar-refractivity contribution in [3.63, 3.8) is 0 Å². The summed E-state index contributed by atoms with van der Waals surface area (Å²) < 4.78 is 103. The lowest BCUT2D eigenvalue weighted by atomic mass is 10.1. The van der Waals surface area contributed by atoms with E-state index < -0.39 is 73.5 Å². The monoisotopic (exact) mass is 869 g/mol. The summed E-state index contributed by atoms with van der Waals surface area (Å²) in [7, 11) is -15.2. The molecule has 0 bridgehead atoms. The summed E-state index contributed by atoms with van der Waals surface area (Å²) in [5.74, 6) is -1.02. The first kappa shape index (κ1) is 42.2. The Bertz CT molecular complexity index is 2960. The lowest BCUT2D eigenvalue weighted by molar-refractivity contribution is 0.102. The van der Waals surface area contributed by atoms with Gasteiger partial charge in [0.05, 0.1) is 13.2 Å². The van der Waals surface area contributed by atoms with Gasteiger partial charge in [-0.25, -0.2) is 0 Å². The van der Waals surface area contributed by atoms with E-state index in [9.17, 15) is 48.8 Å². The number of amides is 1. The standard InChI is InChI=1S/C34H31N9O13S3/c44-14-12-35-32-39-33(36-13-15-45)41-34(40-32)38-20-6-4-18(5-7-20)31(47)37-21-8-9-22-19(16-21)17-27(58(51,52)53)28(29(22)46)43-42-25-11-10-23-24(30(25)59(54,55)56)2-1-3-26(23)57(48,49)50/h1-11,16-17,44-46H,12-15H2,(H,37,47)(H,48,49,50)(H,51,52,53)(H,54,55,56)(H3,35,36,38,39,40,41). The fourth-order valence-corrected chi connectivity index (χ4v) is 7.85. The van der Waals surface area contributed by atoms with E-state index in [1.54, 1.807) is 12.1 Å². The molecule has 10 N–H and O–H groups in total. The van der Waals surface area contributed by atoms with E-state index >= 15 is 0 Å². The summed E-state index contributed by atoms with van der Waals surface area (Å²) in [6.07, 6.45) is 0. The second kappa shape index (κ2) is 16.8. The van der Waals surface area contributed by atoms with Crippen LogP contribution < -0.4 is 21.3 Å². The molecule has 0 atom stereocenters. The quantitative estimate of drug-likeness (QED) is 0.0517. The molecule has 0 radical (unpaired) electrons. The SMILES string of the molecule is O=C(Nc1ccc2c(O)c(N=Nc3ccc4c(S(=O)(=O)O)cccc4c3S(=O)(=O)O)c(S(=O)(=O)O)cc2c1)c1ccc(Nc2nc(NCCO)nc(NCCO)n2)cc1. The molecule has 59 heavy (non-hydrogen) atoms. The predicted octanol–water partition coefficient (Wildman–Crippen LogP) is 3.84. The number of rotatable bonds is 15. The van der Waals surface area contributed by atoms with Crippen LogP contribution >= 0.6 is 0 Å². The third kappa shape index (κ3) is 9.65. The summed E-state index contributed by atoms with van der Waals surface area (Å²) >= 11 is 0. The first-order valence-corrected chi connectivity index (χ1v) is 21.0. The Morgan fingerprint density at radius 3 is 1.81 bits per heavy atom. The number of anilines is 5. The molecule has 5 aromatic carbocycles. The zero-order chi connectivity index (χ0) is 42.7. The Kier molecular flexibility index (Phi) is 12.0. The predicted molar refractivity (Wildman–Crippen MR) is 212 cm³/mol. The molecular formula is C34H31N9O13S3. The van der Waals surface area contributed by atoms with Crippen molar-refractivity contribution in [3.05, 3.63) is 84.4 Å². The van der Waals surface area contributed by atoms with Crippen molar-refractivity contribution < 1.29 is 59.0 Å². The number of hydrogen-bond donors (Lipinski definition) is 10. The van der Waals surface area contributed by atoms with Gasteiger partial charge in [-0.2, -0.15) is 40.2 Å². The molecule has 0 spiro atoms. The van der Waals surface area contributed by atoms with Gasteiger partial charge in [-0.15, -0.1) is 10.2 Å². The maximum Gasteiger partial charge on any atom is 0.297 e. The van der Waals surface area contributed by atoms with E-state index in [0.717, 1.165) is 36.4 Å². The zero-order valence-electron chi connectivity index (χ0n) is 29.8. The number of fused-ring (bicyclic) bond motifs is 2. The Morgan fingerprint density at radius 1 is 0.627 bits per heavy atom. The van der Waals surface area contributed by atoms with E-state index in [-0.39, 0.29) is 71.6 Å². The van der Waals surface area contributed by atoms with Crippen LogP contribution in [-0.2, 0) is 30.4 Å². The highest BCUT2D eigenvalue weighted by molar-refractivity contribution is 7.86. The largest absolute Gasteiger partial charge is 0.505 e. The van der Waals surface area contributed by atoms with Crippen LogP contribution in [0.1, 0.15) is 10.4 Å². The number of aliphatic hydroxyl groups excluding tert-OH is 2. The smallest absolute Gasteiger partial charge is 0.297 e. The maximum atomic E-state index is 13.2. The molecule has 0 unspecified atom stereocenters. The zero-order valence-corrected chi connectivity index (χ0v) is 32.3. The summed E-state index contributed by atoms with van der Waals surface area (Å²) in [6.45, 7) is -0.00998. The topological polar surface area (TPSA) is 352 Å². The molecule has 0 saturated carbocycles. The van der Waals surface area contributed by atoms with Crippen LogP contribution in [0.4, 0.5) is 40.6 Å². The lowest BCUT2D eigenvalue weighted by Crippen LogP contribution is -2.15. The normalized spacial score (nSPS) is 12.2. The second-order valence-electron chi connectivity index (χ2n) is 12.2. The van der Waals surface area contributed by atoms with E-state index in [1.807, 2.05) is 0 Å². The molecule has 0 aliphatic rings. The summed E-state index contributed by atoms with van der Waals surface area (Å²) in [4.78, 5) is 23.2. The van der Waals surface area contributed by atoms with Gasteiger partial charge in [0, 0.05) is 46.2 Å². The van der Waals surface area contributed by atoms with Gasteiger partial charge in [-0.05, 0) is 66.0 Å². The fourth-order valence-electron chi connectivity index (χ4n) is 5.65. The number of azo groups is 1. The molecule has 0 fully saturated rings. The van der Waals surface area contributed by atoms with Crippen LogP contribution in [0.15, 0.2) is 104 Å². The Labute approximate surface area is 334 Å². The highest BCUT2D eigenvalue weighted by Crippen LogP contribution is 2.43. The third-order valence-electron chi connectivity index (χ3n) is 8.16. The summed E-state index contributed by atoms with van der Waals surface area (Å²) in [6, 6.07) is 16.1.